The molecule has 0 saturated heterocycles. The minimum atomic E-state index is -4.99. The van der Waals surface area contributed by atoms with Crippen molar-refractivity contribution in [3.8, 4) is 11.1 Å². The largest absolute Gasteiger partial charge is 0.416 e. The van der Waals surface area contributed by atoms with Gasteiger partial charge in [-0.1, -0.05) is 11.6 Å². The molecule has 0 aliphatic carbocycles. The quantitative estimate of drug-likeness (QED) is 0.297. The lowest BCUT2D eigenvalue weighted by atomic mass is 9.85. The number of aliphatic hydroxyl groups excluding tert-OH is 1. The first kappa shape index (κ1) is 26.6. The molecule has 13 heteroatoms. The number of hydrogen-bond donors (Lipinski definition) is 3. The Morgan fingerprint density at radius 3 is 2.49 bits per heavy atom. The number of hydrogen-bond acceptors (Lipinski definition) is 4. The van der Waals surface area contributed by atoms with Crippen LogP contribution in [0.5, 0.6) is 0 Å². The standard InChI is InChI=1S/C26H18ClF5N4O3/c1-9(37)23-15-8-13(18-14(24(33)38)5-10(6-17(18)29)26(30,31)32)19-20(22(15)35-36(23)2)25(39)34-21(19)12-7-11(28)3-4-16(12)27/h3-9,21,37H,1-2H3,(H2,33,38)(H,34,39). The molecule has 0 bridgehead atoms. The van der Waals surface area contributed by atoms with Gasteiger partial charge in [0.05, 0.1) is 34.5 Å². The summed E-state index contributed by atoms with van der Waals surface area (Å²) < 4.78 is 71.6. The molecule has 1 aromatic heterocycles. The fourth-order valence-corrected chi connectivity index (χ4v) is 5.31. The lowest BCUT2D eigenvalue weighted by Gasteiger charge is -2.20. The normalized spacial score (nSPS) is 15.9. The number of amides is 2. The molecule has 0 radical (unpaired) electrons. The van der Waals surface area contributed by atoms with Crippen LogP contribution in [0.1, 0.15) is 62.2 Å². The molecule has 1 aliphatic heterocycles. The van der Waals surface area contributed by atoms with Gasteiger partial charge in [-0.2, -0.15) is 18.3 Å². The molecule has 4 aromatic rings. The van der Waals surface area contributed by atoms with Crippen LogP contribution < -0.4 is 11.1 Å². The van der Waals surface area contributed by atoms with Crippen molar-refractivity contribution in [1.82, 2.24) is 15.1 Å². The minimum absolute atomic E-state index is 0.00333. The SMILES string of the molecule is CC(O)c1c2cc(-c3c(F)cc(C(F)(F)F)cc3C(N)=O)c3c(c2nn1C)C(=O)NC3c1cc(F)ccc1Cl. The number of fused-ring (bicyclic) bond motifs is 3. The minimum Gasteiger partial charge on any atom is -0.387 e. The molecule has 1 aliphatic rings. The molecule has 39 heavy (non-hydrogen) atoms. The van der Waals surface area contributed by atoms with Crippen molar-refractivity contribution in [3.05, 3.63) is 86.6 Å². The fraction of sp³-hybridized carbons (Fsp3) is 0.192. The molecular formula is C26H18ClF5N4O3. The van der Waals surface area contributed by atoms with Crippen LogP contribution in [0.2, 0.25) is 5.02 Å². The highest BCUT2D eigenvalue weighted by Crippen LogP contribution is 2.47. The van der Waals surface area contributed by atoms with E-state index in [0.29, 0.717) is 6.07 Å². The summed E-state index contributed by atoms with van der Waals surface area (Å²) in [5, 5.41) is 17.6. The number of aromatic nitrogens is 2. The topological polar surface area (TPSA) is 110 Å². The number of nitrogens with zero attached hydrogens (tertiary/aromatic N) is 2. The van der Waals surface area contributed by atoms with Crippen molar-refractivity contribution in [2.45, 2.75) is 25.2 Å². The van der Waals surface area contributed by atoms with Gasteiger partial charge in [0.1, 0.15) is 17.2 Å². The number of aliphatic hydroxyl groups is 1. The van der Waals surface area contributed by atoms with E-state index in [-0.39, 0.29) is 49.9 Å². The van der Waals surface area contributed by atoms with Crippen LogP contribution in [0.25, 0.3) is 22.0 Å². The molecule has 2 heterocycles. The Balaban J connectivity index is 1.96. The van der Waals surface area contributed by atoms with E-state index in [9.17, 15) is 32.3 Å². The third-order valence-electron chi connectivity index (χ3n) is 6.62. The van der Waals surface area contributed by atoms with Crippen molar-refractivity contribution in [2.75, 3.05) is 0 Å². The number of nitrogens with two attached hydrogens (primary N) is 1. The van der Waals surface area contributed by atoms with Gasteiger partial charge in [-0.3, -0.25) is 14.3 Å². The zero-order valence-electron chi connectivity index (χ0n) is 20.1. The van der Waals surface area contributed by atoms with Crippen molar-refractivity contribution in [2.24, 2.45) is 12.8 Å². The zero-order chi connectivity index (χ0) is 28.5. The van der Waals surface area contributed by atoms with Crippen LogP contribution >= 0.6 is 11.6 Å². The van der Waals surface area contributed by atoms with Crippen LogP contribution in [0.15, 0.2) is 36.4 Å². The number of carbonyl (C=O) groups is 2. The Morgan fingerprint density at radius 2 is 1.87 bits per heavy atom. The van der Waals surface area contributed by atoms with E-state index in [1.54, 1.807) is 0 Å². The predicted molar refractivity (Wildman–Crippen MR) is 131 cm³/mol. The number of carbonyl (C=O) groups excluding carboxylic acids is 2. The molecule has 0 saturated carbocycles. The molecule has 5 rings (SSSR count). The van der Waals surface area contributed by atoms with Gasteiger partial charge in [0, 0.05) is 34.1 Å². The average Bonchev–Trinajstić information content (AvgIpc) is 3.35. The van der Waals surface area contributed by atoms with Gasteiger partial charge < -0.3 is 16.2 Å². The summed E-state index contributed by atoms with van der Waals surface area (Å²) in [6.45, 7) is 1.42. The Bertz CT molecular complexity index is 1710. The van der Waals surface area contributed by atoms with Gasteiger partial charge >= 0.3 is 6.18 Å². The molecule has 2 unspecified atom stereocenters. The van der Waals surface area contributed by atoms with E-state index in [4.69, 9.17) is 17.3 Å². The van der Waals surface area contributed by atoms with E-state index in [1.807, 2.05) is 0 Å². The smallest absolute Gasteiger partial charge is 0.387 e. The van der Waals surface area contributed by atoms with Crippen LogP contribution in [-0.4, -0.2) is 26.7 Å². The van der Waals surface area contributed by atoms with Gasteiger partial charge in [-0.15, -0.1) is 0 Å². The number of rotatable bonds is 4. The molecule has 7 nitrogen and oxygen atoms in total. The second-order valence-corrected chi connectivity index (χ2v) is 9.52. The van der Waals surface area contributed by atoms with Crippen LogP contribution in [0.4, 0.5) is 22.0 Å². The highest BCUT2D eigenvalue weighted by molar-refractivity contribution is 6.31. The van der Waals surface area contributed by atoms with Crippen LogP contribution in [0, 0.1) is 11.6 Å². The van der Waals surface area contributed by atoms with Crippen LogP contribution in [0.3, 0.4) is 0 Å². The molecular weight excluding hydrogens is 547 g/mol. The summed E-state index contributed by atoms with van der Waals surface area (Å²) in [5.74, 6) is -4.22. The first-order chi connectivity index (χ1) is 18.2. The maximum atomic E-state index is 15.6. The fourth-order valence-electron chi connectivity index (χ4n) is 5.08. The molecule has 0 spiro atoms. The number of halogens is 6. The first-order valence-corrected chi connectivity index (χ1v) is 11.8. The van der Waals surface area contributed by atoms with E-state index in [0.717, 1.165) is 12.1 Å². The Hall–Kier alpha value is -4.03. The summed E-state index contributed by atoms with van der Waals surface area (Å²) >= 11 is 6.32. The van der Waals surface area contributed by atoms with Gasteiger partial charge in [0.25, 0.3) is 5.91 Å². The number of primary amides is 1. The Kier molecular flexibility index (Phi) is 6.15. The van der Waals surface area contributed by atoms with Crippen molar-refractivity contribution < 1.29 is 36.6 Å². The van der Waals surface area contributed by atoms with E-state index >= 15 is 4.39 Å². The summed E-state index contributed by atoms with van der Waals surface area (Å²) in [6.07, 6.45) is -6.12. The van der Waals surface area contributed by atoms with Gasteiger partial charge in [-0.25, -0.2) is 8.78 Å². The highest BCUT2D eigenvalue weighted by Gasteiger charge is 2.40. The maximum absolute atomic E-state index is 15.6. The first-order valence-electron chi connectivity index (χ1n) is 11.4. The number of benzene rings is 3. The predicted octanol–water partition coefficient (Wildman–Crippen LogP) is 5.18. The second-order valence-electron chi connectivity index (χ2n) is 9.11. The Morgan fingerprint density at radius 1 is 1.18 bits per heavy atom. The third kappa shape index (κ3) is 4.20. The van der Waals surface area contributed by atoms with E-state index < -0.39 is 58.5 Å². The van der Waals surface area contributed by atoms with Crippen molar-refractivity contribution in [3.63, 3.8) is 0 Å². The summed E-state index contributed by atoms with van der Waals surface area (Å²) in [5.41, 5.74) is 2.64. The summed E-state index contributed by atoms with van der Waals surface area (Å²) in [7, 11) is 1.50. The number of aryl methyl sites for hydroxylation is 1. The lowest BCUT2D eigenvalue weighted by Crippen LogP contribution is -2.21. The number of alkyl halides is 3. The molecule has 202 valence electrons. The molecule has 3 aromatic carbocycles. The molecule has 2 atom stereocenters. The van der Waals surface area contributed by atoms with Crippen molar-refractivity contribution >= 4 is 34.3 Å². The van der Waals surface area contributed by atoms with Crippen molar-refractivity contribution in [1.29, 1.82) is 0 Å². The van der Waals surface area contributed by atoms with E-state index in [2.05, 4.69) is 10.4 Å². The third-order valence-corrected chi connectivity index (χ3v) is 6.97. The summed E-state index contributed by atoms with van der Waals surface area (Å²) in [6, 6.07) is 4.12. The lowest BCUT2D eigenvalue weighted by molar-refractivity contribution is -0.137. The molecule has 2 amide bonds. The highest BCUT2D eigenvalue weighted by atomic mass is 35.5. The van der Waals surface area contributed by atoms with Gasteiger partial charge in [0.2, 0.25) is 5.91 Å². The molecule has 0 fully saturated rings. The maximum Gasteiger partial charge on any atom is 0.416 e. The number of nitrogens with one attached hydrogen (secondary N) is 1. The second kappa shape index (κ2) is 9.02. The van der Waals surface area contributed by atoms with Crippen LogP contribution in [-0.2, 0) is 13.2 Å². The zero-order valence-corrected chi connectivity index (χ0v) is 20.9. The summed E-state index contributed by atoms with van der Waals surface area (Å²) in [4.78, 5) is 25.7. The van der Waals surface area contributed by atoms with Gasteiger partial charge in [-0.05, 0) is 48.9 Å². The van der Waals surface area contributed by atoms with Gasteiger partial charge in [0.15, 0.2) is 0 Å². The average molecular weight is 565 g/mol. The monoisotopic (exact) mass is 564 g/mol. The van der Waals surface area contributed by atoms with E-state index in [1.165, 1.54) is 30.8 Å². The molecule has 4 N–H and O–H groups in total. The Labute approximate surface area is 222 Å².